The number of amides is 3. The number of nitrogens with two attached hydrogens (primary N) is 1. The predicted molar refractivity (Wildman–Crippen MR) is 83.7 cm³/mol. The van der Waals surface area contributed by atoms with Crippen molar-refractivity contribution in [2.24, 2.45) is 11.7 Å². The Labute approximate surface area is 130 Å². The van der Waals surface area contributed by atoms with Crippen LogP contribution in [0.3, 0.4) is 0 Å². The smallest absolute Gasteiger partial charge is 0.245 e. The van der Waals surface area contributed by atoms with E-state index in [1.54, 1.807) is 4.90 Å². The van der Waals surface area contributed by atoms with E-state index in [0.717, 1.165) is 5.75 Å². The van der Waals surface area contributed by atoms with Crippen LogP contribution in [0.25, 0.3) is 0 Å². The minimum atomic E-state index is -0.843. The van der Waals surface area contributed by atoms with Gasteiger partial charge in [-0.2, -0.15) is 11.8 Å². The zero-order chi connectivity index (χ0) is 16.0. The average Bonchev–Trinajstić information content (AvgIpc) is 2.35. The number of nitrogens with one attached hydrogen (secondary N) is 1. The Morgan fingerprint density at radius 3 is 2.52 bits per heavy atom. The van der Waals surface area contributed by atoms with Gasteiger partial charge in [0, 0.05) is 30.5 Å². The molecule has 1 heterocycles. The highest BCUT2D eigenvalue weighted by Crippen LogP contribution is 2.18. The summed E-state index contributed by atoms with van der Waals surface area (Å²) in [6.45, 7) is 7.19. The van der Waals surface area contributed by atoms with Crippen LogP contribution in [0.5, 0.6) is 0 Å². The lowest BCUT2D eigenvalue weighted by molar-refractivity contribution is -0.138. The molecule has 0 aliphatic carbocycles. The molecule has 3 amide bonds. The van der Waals surface area contributed by atoms with Crippen LogP contribution in [-0.2, 0) is 14.4 Å². The summed E-state index contributed by atoms with van der Waals surface area (Å²) in [4.78, 5) is 37.2. The van der Waals surface area contributed by atoms with Gasteiger partial charge in [-0.15, -0.1) is 0 Å². The fourth-order valence-corrected chi connectivity index (χ4v) is 3.28. The van der Waals surface area contributed by atoms with Crippen LogP contribution >= 0.6 is 11.8 Å². The van der Waals surface area contributed by atoms with E-state index in [4.69, 9.17) is 5.73 Å². The molecule has 0 aromatic rings. The third-order valence-corrected chi connectivity index (χ3v) is 4.32. The van der Waals surface area contributed by atoms with Gasteiger partial charge in [-0.1, -0.05) is 20.8 Å². The summed E-state index contributed by atoms with van der Waals surface area (Å²) in [5.74, 6) is 0.0521. The fourth-order valence-electron chi connectivity index (χ4n) is 2.26. The zero-order valence-corrected chi connectivity index (χ0v) is 13.7. The van der Waals surface area contributed by atoms with E-state index in [1.807, 2.05) is 25.6 Å². The largest absolute Gasteiger partial charge is 0.370 e. The van der Waals surface area contributed by atoms with E-state index in [-0.39, 0.29) is 24.2 Å². The van der Waals surface area contributed by atoms with Gasteiger partial charge >= 0.3 is 0 Å². The topological polar surface area (TPSA) is 92.5 Å². The summed E-state index contributed by atoms with van der Waals surface area (Å²) in [6.07, 6.45) is 0.176. The van der Waals surface area contributed by atoms with E-state index in [1.165, 1.54) is 0 Å². The van der Waals surface area contributed by atoms with Crippen molar-refractivity contribution in [1.82, 2.24) is 10.2 Å². The molecule has 0 spiro atoms. The number of nitrogens with zero attached hydrogens (tertiary/aromatic N) is 1. The summed E-state index contributed by atoms with van der Waals surface area (Å²) in [6, 6.07) is -0.843. The molecule has 0 aromatic heterocycles. The fraction of sp³-hybridized carbons (Fsp3) is 0.786. The predicted octanol–water partition coefficient (Wildman–Crippen LogP) is 0.357. The van der Waals surface area contributed by atoms with Gasteiger partial charge in [0.2, 0.25) is 17.7 Å². The van der Waals surface area contributed by atoms with Crippen LogP contribution in [0.1, 0.15) is 33.6 Å². The third kappa shape index (κ3) is 6.37. The van der Waals surface area contributed by atoms with Gasteiger partial charge in [-0.3, -0.25) is 14.4 Å². The Balaban J connectivity index is 2.69. The van der Waals surface area contributed by atoms with Crippen molar-refractivity contribution < 1.29 is 14.4 Å². The van der Waals surface area contributed by atoms with Crippen molar-refractivity contribution in [3.63, 3.8) is 0 Å². The van der Waals surface area contributed by atoms with Gasteiger partial charge in [0.25, 0.3) is 0 Å². The molecule has 0 bridgehead atoms. The molecular weight excluding hydrogens is 290 g/mol. The van der Waals surface area contributed by atoms with Crippen LogP contribution in [-0.4, -0.2) is 52.8 Å². The lowest BCUT2D eigenvalue weighted by Gasteiger charge is -2.33. The molecule has 1 rings (SSSR count). The highest BCUT2D eigenvalue weighted by Gasteiger charge is 2.30. The SMILES string of the molecule is CC(C)CC(=O)N[C@H](CC(N)=O)C(=O)N1CCS[C@H](C)C1. The van der Waals surface area contributed by atoms with Gasteiger partial charge in [0.05, 0.1) is 6.42 Å². The van der Waals surface area contributed by atoms with Crippen LogP contribution in [0.15, 0.2) is 0 Å². The Hall–Kier alpha value is -1.24. The molecule has 120 valence electrons. The Bertz CT molecular complexity index is 401. The molecule has 0 aromatic carbocycles. The second-order valence-corrected chi connectivity index (χ2v) is 7.40. The number of primary amides is 1. The lowest BCUT2D eigenvalue weighted by atomic mass is 10.1. The maximum atomic E-state index is 12.5. The number of thioether (sulfide) groups is 1. The second-order valence-electron chi connectivity index (χ2n) is 5.85. The normalized spacial score (nSPS) is 20.2. The Morgan fingerprint density at radius 1 is 1.33 bits per heavy atom. The van der Waals surface area contributed by atoms with Crippen molar-refractivity contribution in [3.05, 3.63) is 0 Å². The molecule has 6 nitrogen and oxygen atoms in total. The number of carbonyl (C=O) groups is 3. The molecule has 1 aliphatic rings. The summed E-state index contributed by atoms with van der Waals surface area (Å²) in [5, 5.41) is 3.02. The van der Waals surface area contributed by atoms with Crippen LogP contribution in [0.4, 0.5) is 0 Å². The van der Waals surface area contributed by atoms with Crippen molar-refractivity contribution in [3.8, 4) is 0 Å². The number of carbonyl (C=O) groups excluding carboxylic acids is 3. The van der Waals surface area contributed by atoms with E-state index in [9.17, 15) is 14.4 Å². The van der Waals surface area contributed by atoms with Gasteiger partial charge in [-0.05, 0) is 5.92 Å². The summed E-state index contributed by atoms with van der Waals surface area (Å²) in [5.41, 5.74) is 5.20. The highest BCUT2D eigenvalue weighted by atomic mass is 32.2. The van der Waals surface area contributed by atoms with E-state index < -0.39 is 11.9 Å². The third-order valence-electron chi connectivity index (χ3n) is 3.19. The first-order valence-corrected chi connectivity index (χ1v) is 8.32. The maximum Gasteiger partial charge on any atom is 0.245 e. The molecule has 3 N–H and O–H groups in total. The molecule has 21 heavy (non-hydrogen) atoms. The zero-order valence-electron chi connectivity index (χ0n) is 12.9. The van der Waals surface area contributed by atoms with E-state index in [2.05, 4.69) is 12.2 Å². The molecular formula is C14H25N3O3S. The van der Waals surface area contributed by atoms with Crippen LogP contribution < -0.4 is 11.1 Å². The minimum Gasteiger partial charge on any atom is -0.370 e. The first-order valence-electron chi connectivity index (χ1n) is 7.27. The van der Waals surface area contributed by atoms with Crippen molar-refractivity contribution in [2.75, 3.05) is 18.8 Å². The summed E-state index contributed by atoms with van der Waals surface area (Å²) in [7, 11) is 0. The summed E-state index contributed by atoms with van der Waals surface area (Å²) >= 11 is 1.81. The second kappa shape index (κ2) is 8.26. The number of hydrogen-bond acceptors (Lipinski definition) is 4. The first kappa shape index (κ1) is 17.8. The number of rotatable bonds is 6. The van der Waals surface area contributed by atoms with E-state index >= 15 is 0 Å². The van der Waals surface area contributed by atoms with Crippen LogP contribution in [0.2, 0.25) is 0 Å². The molecule has 0 saturated carbocycles. The molecule has 1 saturated heterocycles. The van der Waals surface area contributed by atoms with Crippen molar-refractivity contribution >= 4 is 29.5 Å². The van der Waals surface area contributed by atoms with Crippen molar-refractivity contribution in [1.29, 1.82) is 0 Å². The standard InChI is InChI=1S/C14H25N3O3S/c1-9(2)6-13(19)16-11(7-12(15)18)14(20)17-4-5-21-10(3)8-17/h9-11H,4-8H2,1-3H3,(H2,15,18)(H,16,19)/t10-,11-/m1/s1. The van der Waals surface area contributed by atoms with Gasteiger partial charge in [-0.25, -0.2) is 0 Å². The quantitative estimate of drug-likeness (QED) is 0.740. The highest BCUT2D eigenvalue weighted by molar-refractivity contribution is 7.99. The molecule has 1 aliphatic heterocycles. The van der Waals surface area contributed by atoms with Gasteiger partial charge < -0.3 is 16.0 Å². The molecule has 7 heteroatoms. The molecule has 0 unspecified atom stereocenters. The summed E-state index contributed by atoms with van der Waals surface area (Å²) < 4.78 is 0. The lowest BCUT2D eigenvalue weighted by Crippen LogP contribution is -2.53. The first-order chi connectivity index (χ1) is 9.79. The Kier molecular flexibility index (Phi) is 7.01. The van der Waals surface area contributed by atoms with Crippen molar-refractivity contribution in [2.45, 2.75) is 44.9 Å². The molecule has 2 atom stereocenters. The van der Waals surface area contributed by atoms with Gasteiger partial charge in [0.15, 0.2) is 0 Å². The van der Waals surface area contributed by atoms with Gasteiger partial charge in [0.1, 0.15) is 6.04 Å². The van der Waals surface area contributed by atoms with E-state index in [0.29, 0.717) is 24.8 Å². The average molecular weight is 315 g/mol. The number of hydrogen-bond donors (Lipinski definition) is 2. The molecule has 1 fully saturated rings. The monoisotopic (exact) mass is 315 g/mol. The van der Waals surface area contributed by atoms with Crippen LogP contribution in [0, 0.1) is 5.92 Å². The molecule has 0 radical (unpaired) electrons. The maximum absolute atomic E-state index is 12.5. The minimum absolute atomic E-state index is 0.152. The Morgan fingerprint density at radius 2 is 2.00 bits per heavy atom.